The van der Waals surface area contributed by atoms with Crippen LogP contribution in [0.2, 0.25) is 0 Å². The lowest BCUT2D eigenvalue weighted by atomic mass is 10.0. The SMILES string of the molecule is CCCC(=O)Nc1ccc(OC2=CC(=O)C(C(F)(F)F)=CC2=O)cc1. The molecule has 0 heterocycles. The number of carbonyl (C=O) groups is 3. The summed E-state index contributed by atoms with van der Waals surface area (Å²) in [5.74, 6) is -2.90. The fourth-order valence-electron chi connectivity index (χ4n) is 2.03. The van der Waals surface area contributed by atoms with E-state index in [2.05, 4.69) is 5.32 Å². The molecule has 0 fully saturated rings. The smallest absolute Gasteiger partial charge is 0.420 e. The standard InChI is InChI=1S/C17H14F3NO4/c1-2-3-16(24)21-10-4-6-11(7-5-10)25-15-9-13(22)12(8-14(15)23)17(18,19)20/h4-9H,2-3H2,1H3,(H,21,24). The molecule has 0 spiro atoms. The van der Waals surface area contributed by atoms with Gasteiger partial charge in [0.25, 0.3) is 0 Å². The van der Waals surface area contributed by atoms with Crippen LogP contribution in [0.3, 0.4) is 0 Å². The number of hydrogen-bond donors (Lipinski definition) is 1. The zero-order valence-electron chi connectivity index (χ0n) is 13.1. The summed E-state index contributed by atoms with van der Waals surface area (Å²) in [6.45, 7) is 1.87. The van der Waals surface area contributed by atoms with Crippen molar-refractivity contribution in [2.24, 2.45) is 0 Å². The molecule has 0 atom stereocenters. The summed E-state index contributed by atoms with van der Waals surface area (Å²) in [5, 5.41) is 2.65. The molecule has 2 rings (SSSR count). The average molecular weight is 353 g/mol. The van der Waals surface area contributed by atoms with Crippen molar-refractivity contribution in [2.45, 2.75) is 25.9 Å². The van der Waals surface area contributed by atoms with Gasteiger partial charge in [0, 0.05) is 24.3 Å². The fraction of sp³-hybridized carbons (Fsp3) is 0.235. The lowest BCUT2D eigenvalue weighted by Gasteiger charge is -2.15. The summed E-state index contributed by atoms with van der Waals surface area (Å²) >= 11 is 0. The molecule has 1 aliphatic carbocycles. The van der Waals surface area contributed by atoms with Crippen LogP contribution < -0.4 is 10.1 Å². The summed E-state index contributed by atoms with van der Waals surface area (Å²) in [4.78, 5) is 34.7. The van der Waals surface area contributed by atoms with Gasteiger partial charge in [-0.3, -0.25) is 14.4 Å². The minimum Gasteiger partial charge on any atom is -0.453 e. The normalized spacial score (nSPS) is 14.7. The first-order valence-electron chi connectivity index (χ1n) is 7.37. The van der Waals surface area contributed by atoms with Gasteiger partial charge in [-0.15, -0.1) is 0 Å². The Kier molecular flexibility index (Phi) is 5.41. The molecule has 0 saturated heterocycles. The number of amides is 1. The van der Waals surface area contributed by atoms with Crippen LogP contribution >= 0.6 is 0 Å². The van der Waals surface area contributed by atoms with Crippen molar-refractivity contribution >= 4 is 23.2 Å². The molecule has 0 saturated carbocycles. The van der Waals surface area contributed by atoms with Crippen molar-refractivity contribution in [2.75, 3.05) is 5.32 Å². The topological polar surface area (TPSA) is 72.5 Å². The molecule has 132 valence electrons. The summed E-state index contributed by atoms with van der Waals surface area (Å²) in [5.41, 5.74) is -1.02. The van der Waals surface area contributed by atoms with E-state index in [1.165, 1.54) is 24.3 Å². The summed E-state index contributed by atoms with van der Waals surface area (Å²) in [6, 6.07) is 5.86. The third-order valence-corrected chi connectivity index (χ3v) is 3.19. The third-order valence-electron chi connectivity index (χ3n) is 3.19. The predicted octanol–water partition coefficient (Wildman–Crippen LogP) is 3.33. The van der Waals surface area contributed by atoms with Gasteiger partial charge < -0.3 is 10.1 Å². The summed E-state index contributed by atoms with van der Waals surface area (Å²) in [7, 11) is 0. The van der Waals surface area contributed by atoms with Crippen LogP contribution in [0.4, 0.5) is 18.9 Å². The number of halogens is 3. The van der Waals surface area contributed by atoms with Crippen molar-refractivity contribution in [1.82, 2.24) is 0 Å². The quantitative estimate of drug-likeness (QED) is 0.824. The number of rotatable bonds is 5. The van der Waals surface area contributed by atoms with Crippen molar-refractivity contribution in [3.63, 3.8) is 0 Å². The van der Waals surface area contributed by atoms with Crippen LogP contribution in [0, 0.1) is 0 Å². The number of ether oxygens (including phenoxy) is 1. The number of allylic oxidation sites excluding steroid dienone is 3. The van der Waals surface area contributed by atoms with E-state index in [-0.39, 0.29) is 17.7 Å². The van der Waals surface area contributed by atoms with Crippen LogP contribution in [-0.4, -0.2) is 23.6 Å². The molecule has 1 N–H and O–H groups in total. The van der Waals surface area contributed by atoms with Gasteiger partial charge in [0.2, 0.25) is 11.7 Å². The molecular weight excluding hydrogens is 339 g/mol. The first-order chi connectivity index (χ1) is 11.7. The Labute approximate surface area is 141 Å². The van der Waals surface area contributed by atoms with Crippen molar-refractivity contribution in [3.05, 3.63) is 47.7 Å². The lowest BCUT2D eigenvalue weighted by molar-refractivity contribution is -0.128. The molecule has 0 aromatic heterocycles. The number of anilines is 1. The van der Waals surface area contributed by atoms with E-state index in [1.807, 2.05) is 6.92 Å². The van der Waals surface area contributed by atoms with E-state index in [0.29, 0.717) is 24.6 Å². The van der Waals surface area contributed by atoms with Gasteiger partial charge in [0.1, 0.15) is 11.3 Å². The zero-order valence-corrected chi connectivity index (χ0v) is 13.1. The van der Waals surface area contributed by atoms with E-state index < -0.39 is 29.1 Å². The Morgan fingerprint density at radius 1 is 1.08 bits per heavy atom. The first kappa shape index (κ1) is 18.4. The minimum absolute atomic E-state index is 0.143. The molecule has 0 aliphatic heterocycles. The zero-order chi connectivity index (χ0) is 18.6. The molecule has 1 amide bonds. The Balaban J connectivity index is 2.07. The highest BCUT2D eigenvalue weighted by Crippen LogP contribution is 2.30. The van der Waals surface area contributed by atoms with Gasteiger partial charge in [-0.2, -0.15) is 13.2 Å². The predicted molar refractivity (Wildman–Crippen MR) is 82.8 cm³/mol. The number of ketones is 2. The number of nitrogens with one attached hydrogen (secondary N) is 1. The average Bonchev–Trinajstić information content (AvgIpc) is 2.51. The second-order valence-electron chi connectivity index (χ2n) is 5.22. The monoisotopic (exact) mass is 353 g/mol. The molecule has 0 unspecified atom stereocenters. The van der Waals surface area contributed by atoms with Gasteiger partial charge >= 0.3 is 6.18 Å². The molecule has 0 radical (unpaired) electrons. The number of carbonyl (C=O) groups excluding carboxylic acids is 3. The molecule has 1 aromatic rings. The highest BCUT2D eigenvalue weighted by atomic mass is 19.4. The van der Waals surface area contributed by atoms with Crippen molar-refractivity contribution < 1.29 is 32.3 Å². The molecule has 1 aliphatic rings. The molecule has 5 nitrogen and oxygen atoms in total. The highest BCUT2D eigenvalue weighted by molar-refractivity contribution is 6.19. The van der Waals surface area contributed by atoms with Crippen molar-refractivity contribution in [3.8, 4) is 5.75 Å². The first-order valence-corrected chi connectivity index (χ1v) is 7.37. The molecule has 1 aromatic carbocycles. The van der Waals surface area contributed by atoms with E-state index in [9.17, 15) is 27.6 Å². The maximum atomic E-state index is 12.6. The van der Waals surface area contributed by atoms with E-state index >= 15 is 0 Å². The summed E-state index contributed by atoms with van der Waals surface area (Å²) in [6.07, 6.45) is -3.09. The second-order valence-corrected chi connectivity index (χ2v) is 5.22. The van der Waals surface area contributed by atoms with Crippen LogP contribution in [0.5, 0.6) is 5.75 Å². The Morgan fingerprint density at radius 3 is 2.28 bits per heavy atom. The Hall–Kier alpha value is -2.90. The maximum absolute atomic E-state index is 12.6. The van der Waals surface area contributed by atoms with Gasteiger partial charge in [-0.05, 0) is 30.7 Å². The van der Waals surface area contributed by atoms with Crippen LogP contribution in [-0.2, 0) is 14.4 Å². The van der Waals surface area contributed by atoms with Gasteiger partial charge in [-0.1, -0.05) is 6.92 Å². The van der Waals surface area contributed by atoms with Crippen LogP contribution in [0.1, 0.15) is 19.8 Å². The van der Waals surface area contributed by atoms with Crippen LogP contribution in [0.15, 0.2) is 47.7 Å². The van der Waals surface area contributed by atoms with E-state index in [0.717, 1.165) is 0 Å². The molecule has 0 bridgehead atoms. The summed E-state index contributed by atoms with van der Waals surface area (Å²) < 4.78 is 42.9. The molecular formula is C17H14F3NO4. The Bertz CT molecular complexity index is 761. The van der Waals surface area contributed by atoms with Gasteiger partial charge in [0.15, 0.2) is 11.5 Å². The molecule has 8 heteroatoms. The van der Waals surface area contributed by atoms with Gasteiger partial charge in [-0.25, -0.2) is 0 Å². The van der Waals surface area contributed by atoms with E-state index in [4.69, 9.17) is 4.74 Å². The largest absolute Gasteiger partial charge is 0.453 e. The maximum Gasteiger partial charge on any atom is 0.420 e. The highest BCUT2D eigenvalue weighted by Gasteiger charge is 2.41. The lowest BCUT2D eigenvalue weighted by Crippen LogP contribution is -2.25. The minimum atomic E-state index is -4.90. The fourth-order valence-corrected chi connectivity index (χ4v) is 2.03. The Morgan fingerprint density at radius 2 is 1.72 bits per heavy atom. The second kappa shape index (κ2) is 7.33. The molecule has 25 heavy (non-hydrogen) atoms. The third kappa shape index (κ3) is 4.79. The van der Waals surface area contributed by atoms with Crippen LogP contribution in [0.25, 0.3) is 0 Å². The number of hydrogen-bond acceptors (Lipinski definition) is 4. The van der Waals surface area contributed by atoms with Crippen molar-refractivity contribution in [1.29, 1.82) is 0 Å². The van der Waals surface area contributed by atoms with Gasteiger partial charge in [0.05, 0.1) is 0 Å². The van der Waals surface area contributed by atoms with E-state index in [1.54, 1.807) is 0 Å². The number of alkyl halides is 3. The number of benzene rings is 1.